The van der Waals surface area contributed by atoms with Crippen LogP contribution in [0, 0.1) is 6.92 Å². The van der Waals surface area contributed by atoms with E-state index >= 15 is 0 Å². The fourth-order valence-electron chi connectivity index (χ4n) is 1.97. The monoisotopic (exact) mass is 379 g/mol. The molecule has 0 aliphatic carbocycles. The second-order valence-corrected chi connectivity index (χ2v) is 8.67. The lowest BCUT2D eigenvalue weighted by Crippen LogP contribution is -2.12. The van der Waals surface area contributed by atoms with Crippen molar-refractivity contribution < 1.29 is 8.42 Å². The fraction of sp³-hybridized carbons (Fsp3) is 0.0625. The number of hydrogen-bond acceptors (Lipinski definition) is 5. The molecule has 0 radical (unpaired) electrons. The number of anilines is 3. The molecule has 2 heterocycles. The average molecular weight is 380 g/mol. The van der Waals surface area contributed by atoms with E-state index in [2.05, 4.69) is 15.0 Å². The van der Waals surface area contributed by atoms with Crippen LogP contribution in [0.3, 0.4) is 0 Å². The number of nitrogens with one attached hydrogen (secondary N) is 2. The van der Waals surface area contributed by atoms with Gasteiger partial charge in [-0.3, -0.25) is 4.72 Å². The van der Waals surface area contributed by atoms with Crippen LogP contribution in [0.5, 0.6) is 0 Å². The van der Waals surface area contributed by atoms with Crippen molar-refractivity contribution in [2.24, 2.45) is 0 Å². The van der Waals surface area contributed by atoms with Crippen LogP contribution < -0.4 is 10.0 Å². The molecule has 1 aromatic carbocycles. The van der Waals surface area contributed by atoms with Crippen molar-refractivity contribution in [3.63, 3.8) is 0 Å². The molecule has 124 valence electrons. The second-order valence-electron chi connectivity index (χ2n) is 5.03. The summed E-state index contributed by atoms with van der Waals surface area (Å²) in [5, 5.41) is 3.82. The molecule has 5 nitrogen and oxygen atoms in total. The summed E-state index contributed by atoms with van der Waals surface area (Å²) in [6, 6.07) is 14.0. The zero-order valence-corrected chi connectivity index (χ0v) is 15.0. The minimum atomic E-state index is -3.60. The minimum absolute atomic E-state index is 0.266. The summed E-state index contributed by atoms with van der Waals surface area (Å²) in [4.78, 5) is 5.07. The van der Waals surface area contributed by atoms with Gasteiger partial charge in [0.05, 0.1) is 11.9 Å². The Labute approximate surface area is 149 Å². The van der Waals surface area contributed by atoms with E-state index in [0.29, 0.717) is 5.02 Å². The van der Waals surface area contributed by atoms with E-state index in [1.807, 2.05) is 19.1 Å². The van der Waals surface area contributed by atoms with Gasteiger partial charge in [-0.1, -0.05) is 11.6 Å². The van der Waals surface area contributed by atoms with E-state index in [1.165, 1.54) is 11.3 Å². The largest absolute Gasteiger partial charge is 0.354 e. The quantitative estimate of drug-likeness (QED) is 0.676. The van der Waals surface area contributed by atoms with Gasteiger partial charge in [-0.2, -0.15) is 0 Å². The molecule has 0 bridgehead atoms. The van der Waals surface area contributed by atoms with Gasteiger partial charge in [0.25, 0.3) is 10.0 Å². The molecule has 2 aromatic heterocycles. The first-order valence-corrected chi connectivity index (χ1v) is 9.68. The van der Waals surface area contributed by atoms with Crippen LogP contribution >= 0.6 is 22.9 Å². The predicted molar refractivity (Wildman–Crippen MR) is 98.8 cm³/mol. The molecule has 3 aromatic rings. The smallest absolute Gasteiger partial charge is 0.272 e. The van der Waals surface area contributed by atoms with Gasteiger partial charge in [0.1, 0.15) is 10.0 Å². The summed E-state index contributed by atoms with van der Waals surface area (Å²) < 4.78 is 27.2. The second kappa shape index (κ2) is 6.80. The summed E-state index contributed by atoms with van der Waals surface area (Å²) in [6.07, 6.45) is 1.56. The highest BCUT2D eigenvalue weighted by Crippen LogP contribution is 2.24. The third-order valence-electron chi connectivity index (χ3n) is 3.12. The molecule has 3 rings (SSSR count). The Morgan fingerprint density at radius 2 is 1.71 bits per heavy atom. The number of rotatable bonds is 5. The van der Waals surface area contributed by atoms with Crippen LogP contribution in [0.2, 0.25) is 5.02 Å². The molecule has 0 aliphatic heterocycles. The number of pyridine rings is 1. The van der Waals surface area contributed by atoms with Crippen LogP contribution in [0.1, 0.15) is 4.88 Å². The maximum atomic E-state index is 12.3. The number of hydrogen-bond donors (Lipinski definition) is 2. The van der Waals surface area contributed by atoms with Gasteiger partial charge in [-0.25, -0.2) is 13.4 Å². The molecule has 24 heavy (non-hydrogen) atoms. The molecule has 0 atom stereocenters. The first-order chi connectivity index (χ1) is 11.4. The lowest BCUT2D eigenvalue weighted by molar-refractivity contribution is 0.603. The Balaban J connectivity index is 1.71. The molecule has 0 unspecified atom stereocenters. The van der Waals surface area contributed by atoms with Crippen molar-refractivity contribution in [3.8, 4) is 0 Å². The van der Waals surface area contributed by atoms with Crippen molar-refractivity contribution in [2.45, 2.75) is 11.1 Å². The van der Waals surface area contributed by atoms with E-state index in [-0.39, 0.29) is 10.0 Å². The van der Waals surface area contributed by atoms with Crippen molar-refractivity contribution in [1.29, 1.82) is 0 Å². The maximum absolute atomic E-state index is 12.3. The molecular weight excluding hydrogens is 366 g/mol. The van der Waals surface area contributed by atoms with Crippen LogP contribution in [-0.2, 0) is 10.0 Å². The Morgan fingerprint density at radius 3 is 2.29 bits per heavy atom. The zero-order valence-electron chi connectivity index (χ0n) is 12.7. The van der Waals surface area contributed by atoms with Crippen molar-refractivity contribution in [1.82, 2.24) is 4.98 Å². The normalized spacial score (nSPS) is 11.2. The zero-order chi connectivity index (χ0) is 17.2. The lowest BCUT2D eigenvalue weighted by Gasteiger charge is -2.08. The molecule has 0 saturated heterocycles. The maximum Gasteiger partial charge on any atom is 0.272 e. The molecule has 0 aliphatic rings. The Kier molecular flexibility index (Phi) is 4.75. The third-order valence-corrected chi connectivity index (χ3v) is 6.22. The Bertz CT molecular complexity index is 936. The first-order valence-electron chi connectivity index (χ1n) is 7.00. The van der Waals surface area contributed by atoms with Crippen molar-refractivity contribution >= 4 is 50.2 Å². The van der Waals surface area contributed by atoms with Crippen molar-refractivity contribution in [2.75, 3.05) is 10.0 Å². The number of thiophene rings is 1. The van der Waals surface area contributed by atoms with E-state index in [9.17, 15) is 8.42 Å². The van der Waals surface area contributed by atoms with Gasteiger partial charge in [-0.15, -0.1) is 11.3 Å². The standard InChI is InChI=1S/C16H14ClN3O2S2/c1-11-2-9-16(23-11)24(21,22)20-15-8-7-14(10-18-15)19-13-5-3-12(17)4-6-13/h2-10,19H,1H3,(H,18,20). The first kappa shape index (κ1) is 16.8. The van der Waals surface area contributed by atoms with Gasteiger partial charge >= 0.3 is 0 Å². The summed E-state index contributed by atoms with van der Waals surface area (Å²) in [6.45, 7) is 1.86. The lowest BCUT2D eigenvalue weighted by atomic mass is 10.3. The van der Waals surface area contributed by atoms with Gasteiger partial charge in [-0.05, 0) is 55.5 Å². The Hall–Kier alpha value is -2.09. The third kappa shape index (κ3) is 4.05. The molecule has 2 N–H and O–H groups in total. The fourth-order valence-corrected chi connectivity index (χ4v) is 4.39. The Morgan fingerprint density at radius 1 is 1.00 bits per heavy atom. The molecule has 0 saturated carbocycles. The van der Waals surface area contributed by atoms with Crippen LogP contribution in [0.15, 0.2) is 58.9 Å². The predicted octanol–water partition coefficient (Wildman–Crippen LogP) is 4.65. The number of aryl methyl sites for hydroxylation is 1. The molecule has 0 amide bonds. The van der Waals surface area contributed by atoms with Gasteiger partial charge in [0, 0.05) is 15.6 Å². The molecule has 0 spiro atoms. The number of sulfonamides is 1. The van der Waals surface area contributed by atoms with E-state index < -0.39 is 10.0 Å². The SMILES string of the molecule is Cc1ccc(S(=O)(=O)Nc2ccc(Nc3ccc(Cl)cc3)cn2)s1. The van der Waals surface area contributed by atoms with Crippen LogP contribution in [0.25, 0.3) is 0 Å². The average Bonchev–Trinajstić information content (AvgIpc) is 2.99. The number of benzene rings is 1. The van der Waals surface area contributed by atoms with E-state index in [0.717, 1.165) is 16.3 Å². The van der Waals surface area contributed by atoms with E-state index in [4.69, 9.17) is 11.6 Å². The van der Waals surface area contributed by atoms with Gasteiger partial charge in [0.2, 0.25) is 0 Å². The molecule has 0 fully saturated rings. The van der Waals surface area contributed by atoms with Crippen LogP contribution in [0.4, 0.5) is 17.2 Å². The summed E-state index contributed by atoms with van der Waals surface area (Å²) in [5.41, 5.74) is 1.61. The highest BCUT2D eigenvalue weighted by Gasteiger charge is 2.16. The van der Waals surface area contributed by atoms with Gasteiger partial charge in [0.15, 0.2) is 0 Å². The number of nitrogens with zero attached hydrogens (tertiary/aromatic N) is 1. The highest BCUT2D eigenvalue weighted by molar-refractivity contribution is 7.94. The summed E-state index contributed by atoms with van der Waals surface area (Å²) in [5.74, 6) is 0.266. The van der Waals surface area contributed by atoms with Crippen LogP contribution in [-0.4, -0.2) is 13.4 Å². The highest BCUT2D eigenvalue weighted by atomic mass is 35.5. The number of aromatic nitrogens is 1. The minimum Gasteiger partial charge on any atom is -0.354 e. The molecule has 8 heteroatoms. The summed E-state index contributed by atoms with van der Waals surface area (Å²) >= 11 is 7.06. The van der Waals surface area contributed by atoms with Gasteiger partial charge < -0.3 is 5.32 Å². The summed E-state index contributed by atoms with van der Waals surface area (Å²) in [7, 11) is -3.60. The number of halogens is 1. The topological polar surface area (TPSA) is 71.1 Å². The molecular formula is C16H14ClN3O2S2. The van der Waals surface area contributed by atoms with E-state index in [1.54, 1.807) is 42.6 Å². The van der Waals surface area contributed by atoms with Crippen molar-refractivity contribution in [3.05, 3.63) is 64.6 Å².